The Bertz CT molecular complexity index is 715. The summed E-state index contributed by atoms with van der Waals surface area (Å²) in [5, 5.41) is 1.17. The molecule has 0 saturated carbocycles. The number of carbonyl (C=O) groups is 1. The van der Waals surface area contributed by atoms with Crippen LogP contribution in [-0.2, 0) is 18.2 Å². The van der Waals surface area contributed by atoms with Crippen molar-refractivity contribution in [3.63, 3.8) is 0 Å². The fourth-order valence-electron chi connectivity index (χ4n) is 3.32. The average Bonchev–Trinajstić information content (AvgIpc) is 3.04. The van der Waals surface area contributed by atoms with Gasteiger partial charge in [0.1, 0.15) is 11.2 Å². The number of pyridine rings is 1. The predicted molar refractivity (Wildman–Crippen MR) is 90.4 cm³/mol. The number of hydrogen-bond acceptors (Lipinski definition) is 3. The molecule has 1 saturated heterocycles. The van der Waals surface area contributed by atoms with E-state index >= 15 is 0 Å². The number of fused-ring (bicyclic) bond motifs is 1. The molecule has 0 aliphatic carbocycles. The Kier molecular flexibility index (Phi) is 4.04. The third kappa shape index (κ3) is 3.33. The summed E-state index contributed by atoms with van der Waals surface area (Å²) in [6.07, 6.45) is 6.65. The van der Waals surface area contributed by atoms with Crippen LogP contribution in [0.1, 0.15) is 39.2 Å². The maximum Gasteiger partial charge on any atom is 0.410 e. The van der Waals surface area contributed by atoms with Gasteiger partial charge in [0.05, 0.1) is 0 Å². The number of likely N-dealkylation sites (tertiary alicyclic amines) is 1. The Morgan fingerprint density at radius 3 is 2.96 bits per heavy atom. The Morgan fingerprint density at radius 2 is 2.22 bits per heavy atom. The minimum atomic E-state index is -0.451. The van der Waals surface area contributed by atoms with Gasteiger partial charge in [0, 0.05) is 37.4 Å². The SMILES string of the molecule is Cn1cc(CC2CCCN2C(=O)OC(C)(C)C)c2cccnc21. The van der Waals surface area contributed by atoms with Crippen molar-refractivity contribution in [1.29, 1.82) is 0 Å². The lowest BCUT2D eigenvalue weighted by molar-refractivity contribution is 0.0227. The maximum atomic E-state index is 12.4. The minimum absolute atomic E-state index is 0.196. The highest BCUT2D eigenvalue weighted by Crippen LogP contribution is 2.27. The largest absolute Gasteiger partial charge is 0.444 e. The van der Waals surface area contributed by atoms with Crippen LogP contribution in [0, 0.1) is 0 Å². The predicted octanol–water partition coefficient (Wildman–Crippen LogP) is 3.52. The van der Waals surface area contributed by atoms with Gasteiger partial charge in [-0.05, 0) is 57.7 Å². The molecule has 5 heteroatoms. The van der Waals surface area contributed by atoms with Crippen molar-refractivity contribution >= 4 is 17.1 Å². The van der Waals surface area contributed by atoms with E-state index in [1.165, 1.54) is 10.9 Å². The van der Waals surface area contributed by atoms with Crippen LogP contribution in [0.4, 0.5) is 4.79 Å². The molecule has 0 radical (unpaired) electrons. The summed E-state index contributed by atoms with van der Waals surface area (Å²) in [6, 6.07) is 4.27. The molecule has 1 unspecified atom stereocenters. The van der Waals surface area contributed by atoms with Crippen LogP contribution in [0.15, 0.2) is 24.5 Å². The molecule has 3 heterocycles. The fraction of sp³-hybridized carbons (Fsp3) is 0.556. The normalized spacial score (nSPS) is 18.6. The van der Waals surface area contributed by atoms with Crippen molar-refractivity contribution in [3.8, 4) is 0 Å². The summed E-state index contributed by atoms with van der Waals surface area (Å²) in [5.74, 6) is 0. The first-order valence-corrected chi connectivity index (χ1v) is 8.24. The summed E-state index contributed by atoms with van der Waals surface area (Å²) >= 11 is 0. The molecular formula is C18H25N3O2. The molecule has 1 aliphatic rings. The minimum Gasteiger partial charge on any atom is -0.444 e. The van der Waals surface area contributed by atoms with Crippen LogP contribution in [0.2, 0.25) is 0 Å². The summed E-state index contributed by atoms with van der Waals surface area (Å²) in [7, 11) is 2.01. The molecule has 23 heavy (non-hydrogen) atoms. The first-order valence-electron chi connectivity index (χ1n) is 8.24. The van der Waals surface area contributed by atoms with Crippen molar-refractivity contribution in [2.24, 2.45) is 7.05 Å². The summed E-state index contributed by atoms with van der Waals surface area (Å²) in [4.78, 5) is 18.7. The van der Waals surface area contributed by atoms with Gasteiger partial charge in [-0.2, -0.15) is 0 Å². The smallest absolute Gasteiger partial charge is 0.410 e. The van der Waals surface area contributed by atoms with Crippen molar-refractivity contribution in [3.05, 3.63) is 30.1 Å². The van der Waals surface area contributed by atoms with Crippen LogP contribution < -0.4 is 0 Å². The molecule has 5 nitrogen and oxygen atoms in total. The molecule has 2 aromatic rings. The van der Waals surface area contributed by atoms with Gasteiger partial charge >= 0.3 is 6.09 Å². The van der Waals surface area contributed by atoms with E-state index in [2.05, 4.69) is 21.8 Å². The topological polar surface area (TPSA) is 47.4 Å². The van der Waals surface area contributed by atoms with Gasteiger partial charge in [0.15, 0.2) is 0 Å². The van der Waals surface area contributed by atoms with Gasteiger partial charge in [0.25, 0.3) is 0 Å². The van der Waals surface area contributed by atoms with E-state index in [1.807, 2.05) is 45.0 Å². The zero-order valence-electron chi connectivity index (χ0n) is 14.4. The maximum absolute atomic E-state index is 12.4. The van der Waals surface area contributed by atoms with Crippen molar-refractivity contribution < 1.29 is 9.53 Å². The van der Waals surface area contributed by atoms with Crippen LogP contribution in [0.5, 0.6) is 0 Å². The molecule has 1 fully saturated rings. The number of rotatable bonds is 2. The number of aromatic nitrogens is 2. The van der Waals surface area contributed by atoms with Gasteiger partial charge in [-0.15, -0.1) is 0 Å². The molecule has 0 bridgehead atoms. The first kappa shape index (κ1) is 15.8. The molecule has 2 aromatic heterocycles. The van der Waals surface area contributed by atoms with E-state index in [1.54, 1.807) is 0 Å². The second kappa shape index (κ2) is 5.87. The number of aryl methyl sites for hydroxylation is 1. The van der Waals surface area contributed by atoms with E-state index in [0.29, 0.717) is 0 Å². The van der Waals surface area contributed by atoms with E-state index in [4.69, 9.17) is 4.74 Å². The zero-order valence-corrected chi connectivity index (χ0v) is 14.4. The van der Waals surface area contributed by atoms with Gasteiger partial charge < -0.3 is 14.2 Å². The average molecular weight is 315 g/mol. The lowest BCUT2D eigenvalue weighted by atomic mass is 10.0. The third-order valence-electron chi connectivity index (χ3n) is 4.28. The monoisotopic (exact) mass is 315 g/mol. The summed E-state index contributed by atoms with van der Waals surface area (Å²) < 4.78 is 7.60. The highest BCUT2D eigenvalue weighted by Gasteiger charge is 2.32. The van der Waals surface area contributed by atoms with E-state index in [-0.39, 0.29) is 12.1 Å². The molecule has 0 spiro atoms. The second-order valence-corrected chi connectivity index (χ2v) is 7.31. The van der Waals surface area contributed by atoms with Gasteiger partial charge in [-0.3, -0.25) is 0 Å². The number of nitrogens with zero attached hydrogens (tertiary/aromatic N) is 3. The highest BCUT2D eigenvalue weighted by molar-refractivity contribution is 5.80. The van der Waals surface area contributed by atoms with Gasteiger partial charge in [0.2, 0.25) is 0 Å². The highest BCUT2D eigenvalue weighted by atomic mass is 16.6. The van der Waals surface area contributed by atoms with E-state index < -0.39 is 5.60 Å². The van der Waals surface area contributed by atoms with Gasteiger partial charge in [-0.1, -0.05) is 0 Å². The number of carbonyl (C=O) groups excluding carboxylic acids is 1. The Balaban J connectivity index is 1.79. The second-order valence-electron chi connectivity index (χ2n) is 7.31. The van der Waals surface area contributed by atoms with Crippen LogP contribution in [-0.4, -0.2) is 38.7 Å². The Labute approximate surface area is 137 Å². The molecule has 3 rings (SSSR count). The molecule has 1 atom stereocenters. The number of hydrogen-bond donors (Lipinski definition) is 0. The van der Waals surface area contributed by atoms with Crippen molar-refractivity contribution in [2.75, 3.05) is 6.54 Å². The lowest BCUT2D eigenvalue weighted by Gasteiger charge is -2.28. The van der Waals surface area contributed by atoms with Crippen LogP contribution in [0.25, 0.3) is 11.0 Å². The molecule has 1 amide bonds. The van der Waals surface area contributed by atoms with E-state index in [9.17, 15) is 4.79 Å². The lowest BCUT2D eigenvalue weighted by Crippen LogP contribution is -2.40. The molecule has 0 aromatic carbocycles. The summed E-state index contributed by atoms with van der Waals surface area (Å²) in [5.41, 5.74) is 1.79. The summed E-state index contributed by atoms with van der Waals surface area (Å²) in [6.45, 7) is 6.51. The van der Waals surface area contributed by atoms with Crippen LogP contribution >= 0.6 is 0 Å². The van der Waals surface area contributed by atoms with Crippen molar-refractivity contribution in [1.82, 2.24) is 14.5 Å². The molecular weight excluding hydrogens is 290 g/mol. The van der Waals surface area contributed by atoms with Crippen molar-refractivity contribution in [2.45, 2.75) is 51.7 Å². The molecule has 0 N–H and O–H groups in total. The van der Waals surface area contributed by atoms with Gasteiger partial charge in [-0.25, -0.2) is 9.78 Å². The third-order valence-corrected chi connectivity index (χ3v) is 4.28. The Morgan fingerprint density at radius 1 is 1.43 bits per heavy atom. The Hall–Kier alpha value is -2.04. The molecule has 124 valence electrons. The quantitative estimate of drug-likeness (QED) is 0.852. The zero-order chi connectivity index (χ0) is 16.6. The number of amides is 1. The molecule has 1 aliphatic heterocycles. The number of ether oxygens (including phenoxy) is 1. The first-order chi connectivity index (χ1) is 10.8. The van der Waals surface area contributed by atoms with Crippen LogP contribution in [0.3, 0.4) is 0 Å². The fourth-order valence-corrected chi connectivity index (χ4v) is 3.32. The van der Waals surface area contributed by atoms with E-state index in [0.717, 1.165) is 31.5 Å². The standard InChI is InChI=1S/C18H25N3O2/c1-18(2,3)23-17(22)21-10-6-7-14(21)11-13-12-20(4)16-15(13)8-5-9-19-16/h5,8-9,12,14H,6-7,10-11H2,1-4H3.